The molecular weight excluding hydrogens is 854 g/mol. The van der Waals surface area contributed by atoms with Crippen LogP contribution in [0.2, 0.25) is 32.0 Å². The minimum Gasteiger partial charge on any atom is -0.345 e. The molecule has 6 heteroatoms. The third-order valence-electron chi connectivity index (χ3n) is 14.3. The fourth-order valence-corrected chi connectivity index (χ4v) is 19.3. The van der Waals surface area contributed by atoms with E-state index in [0.717, 1.165) is 0 Å². The van der Waals surface area contributed by atoms with Gasteiger partial charge in [0.25, 0.3) is 0 Å². The largest absolute Gasteiger partial charge is 0.345 e. The molecule has 364 valence electrons. The molecule has 0 fully saturated rings. The van der Waals surface area contributed by atoms with Crippen LogP contribution in [0.1, 0.15) is 119 Å². The van der Waals surface area contributed by atoms with E-state index in [4.69, 9.17) is 0 Å². The van der Waals surface area contributed by atoms with Gasteiger partial charge in [-0.1, -0.05) is 230 Å². The molecule has 0 N–H and O–H groups in total. The summed E-state index contributed by atoms with van der Waals surface area (Å²) in [5.41, 5.74) is 16.5. The van der Waals surface area contributed by atoms with E-state index in [1.54, 1.807) is 48.6 Å². The van der Waals surface area contributed by atoms with Crippen molar-refractivity contribution in [1.82, 2.24) is 0 Å². The molecule has 0 bridgehead atoms. The molecule has 6 aromatic carbocycles. The van der Waals surface area contributed by atoms with Gasteiger partial charge in [0, 0.05) is 54.8 Å². The van der Waals surface area contributed by atoms with Crippen molar-refractivity contribution in [3.05, 3.63) is 144 Å². The average Bonchev–Trinajstić information content (AvgIpc) is 3.42. The fourth-order valence-electron chi connectivity index (χ4n) is 11.6. The highest BCUT2D eigenvalue weighted by molar-refractivity contribution is 7.04. The Morgan fingerprint density at radius 2 is 0.912 bits per heavy atom. The Morgan fingerprint density at radius 3 is 1.60 bits per heavy atom. The van der Waals surface area contributed by atoms with Gasteiger partial charge >= 0.3 is 0 Å². The predicted octanol–water partition coefficient (Wildman–Crippen LogP) is 14.3. The minimum atomic E-state index is -1.53. The lowest BCUT2D eigenvalue weighted by Crippen LogP contribution is -2.63. The van der Waals surface area contributed by atoms with Gasteiger partial charge in [0.2, 0.25) is 6.71 Å². The summed E-state index contributed by atoms with van der Waals surface area (Å²) in [6, 6.07) is 49.0. The molecule has 0 aliphatic carbocycles. The van der Waals surface area contributed by atoms with Crippen LogP contribution in [0.3, 0.4) is 0 Å². The van der Waals surface area contributed by atoms with E-state index in [9.17, 15) is 0 Å². The van der Waals surface area contributed by atoms with Crippen LogP contribution in [0.25, 0.3) is 0 Å². The third-order valence-corrected chi connectivity index (χ3v) is 22.4. The van der Waals surface area contributed by atoms with Gasteiger partial charge in [-0.15, -0.1) is 0 Å². The zero-order valence-corrected chi connectivity index (χ0v) is 47.9. The lowest BCUT2D eigenvalue weighted by Gasteiger charge is -2.44. The molecular formula is C62H90BN3Si2. The van der Waals surface area contributed by atoms with E-state index in [0.29, 0.717) is 6.71 Å². The van der Waals surface area contributed by atoms with Crippen LogP contribution in [-0.4, -0.2) is 43.5 Å². The third kappa shape index (κ3) is 10.5. The Hall–Kier alpha value is -4.78. The van der Waals surface area contributed by atoms with E-state index < -0.39 is 16.1 Å². The molecule has 6 aromatic rings. The van der Waals surface area contributed by atoms with Crippen molar-refractivity contribution in [3.8, 4) is 0 Å². The molecule has 6 aliphatic heterocycles. The maximum absolute atomic E-state index is 2.57. The molecule has 68 heavy (non-hydrogen) atoms. The minimum absolute atomic E-state index is 0.623. The molecule has 0 aromatic heterocycles. The van der Waals surface area contributed by atoms with Crippen molar-refractivity contribution >= 4 is 88.7 Å². The number of fused-ring (bicyclic) bond motifs is 6. The van der Waals surface area contributed by atoms with Crippen LogP contribution in [0, 0.1) is 0 Å². The summed E-state index contributed by atoms with van der Waals surface area (Å²) < 4.78 is 0. The number of para-hydroxylation sites is 4. The fraction of sp³-hybridized carbons (Fsp3) is 0.419. The van der Waals surface area contributed by atoms with Crippen LogP contribution in [0.4, 0.5) is 34.1 Å². The Kier molecular flexibility index (Phi) is 21.6. The summed E-state index contributed by atoms with van der Waals surface area (Å²) in [5, 5.41) is 6.57. The second-order valence-corrected chi connectivity index (χ2v) is 26.2. The van der Waals surface area contributed by atoms with E-state index in [1.807, 2.05) is 83.1 Å². The number of aryl methyl sites for hydroxylation is 3. The number of hydrogen-bond donors (Lipinski definition) is 0. The van der Waals surface area contributed by atoms with E-state index in [2.05, 4.69) is 176 Å². The number of benzene rings is 6. The van der Waals surface area contributed by atoms with Crippen molar-refractivity contribution in [1.29, 1.82) is 0 Å². The van der Waals surface area contributed by atoms with Gasteiger partial charge in [-0.05, 0) is 99.4 Å². The zero-order chi connectivity index (χ0) is 50.2. The predicted molar refractivity (Wildman–Crippen MR) is 317 cm³/mol. The lowest BCUT2D eigenvalue weighted by molar-refractivity contribution is 0.768. The van der Waals surface area contributed by atoms with E-state index in [-0.39, 0.29) is 0 Å². The van der Waals surface area contributed by atoms with Crippen molar-refractivity contribution in [2.24, 2.45) is 0 Å². The van der Waals surface area contributed by atoms with E-state index in [1.165, 1.54) is 91.3 Å². The maximum atomic E-state index is 2.57. The van der Waals surface area contributed by atoms with Crippen LogP contribution in [-0.2, 0) is 19.3 Å². The van der Waals surface area contributed by atoms with Gasteiger partial charge in [-0.2, -0.15) is 0 Å². The first-order chi connectivity index (χ1) is 33.3. The van der Waals surface area contributed by atoms with Crippen LogP contribution < -0.4 is 46.4 Å². The molecule has 1 unspecified atom stereocenters. The van der Waals surface area contributed by atoms with Crippen molar-refractivity contribution in [2.45, 2.75) is 154 Å². The van der Waals surface area contributed by atoms with Gasteiger partial charge in [0.1, 0.15) is 16.1 Å². The van der Waals surface area contributed by atoms with Gasteiger partial charge in [0.15, 0.2) is 0 Å². The van der Waals surface area contributed by atoms with Crippen LogP contribution in [0.15, 0.2) is 127 Å². The summed E-state index contributed by atoms with van der Waals surface area (Å²) in [5.74, 6) is 0. The molecule has 1 atom stereocenters. The Balaban J connectivity index is 0.000000200. The molecule has 0 saturated carbocycles. The first-order valence-electron chi connectivity index (χ1n) is 27.2. The van der Waals surface area contributed by atoms with Crippen molar-refractivity contribution in [2.75, 3.05) is 35.3 Å². The first kappa shape index (κ1) is 55.8. The maximum Gasteiger partial charge on any atom is 0.215 e. The van der Waals surface area contributed by atoms with Gasteiger partial charge in [-0.25, -0.2) is 0 Å². The second kappa shape index (κ2) is 26.3. The molecule has 6 aliphatic rings. The Labute approximate surface area is 419 Å². The topological polar surface area (TPSA) is 9.72 Å². The number of rotatable bonds is 0. The summed E-state index contributed by atoms with van der Waals surface area (Å²) in [6.07, 6.45) is 9.00. The smallest absolute Gasteiger partial charge is 0.215 e. The molecule has 0 radical (unpaired) electrons. The van der Waals surface area contributed by atoms with Gasteiger partial charge in [0.05, 0.1) is 0 Å². The molecule has 3 nitrogen and oxygen atoms in total. The number of nitrogens with zero attached hydrogens (tertiary/aromatic N) is 3. The highest BCUT2D eigenvalue weighted by atomic mass is 28.3. The Bertz CT molecular complexity index is 2500. The van der Waals surface area contributed by atoms with Crippen molar-refractivity contribution < 1.29 is 0 Å². The monoisotopic (exact) mass is 944 g/mol. The first-order valence-corrected chi connectivity index (χ1v) is 32.9. The summed E-state index contributed by atoms with van der Waals surface area (Å²) in [7, 11) is 1.39. The molecule has 12 rings (SSSR count). The Morgan fingerprint density at radius 1 is 0.426 bits per heavy atom. The van der Waals surface area contributed by atoms with Crippen molar-refractivity contribution in [3.63, 3.8) is 0 Å². The summed E-state index contributed by atoms with van der Waals surface area (Å²) in [6.45, 7) is 33.4. The zero-order valence-electron chi connectivity index (χ0n) is 45.9. The molecule has 0 saturated heterocycles. The normalized spacial score (nSPS) is 16.7. The van der Waals surface area contributed by atoms with Crippen LogP contribution >= 0.6 is 0 Å². The quantitative estimate of drug-likeness (QED) is 0.141. The SMILES string of the molecule is CC.CC.CC.CC.CC.CC.CN1c2ccccc2B2CCCc3cccc1c32.CN1c2ccccc2[Si]2(C)CCCc3cccc1c32.C[Si]1(C)c2ccccc2N2CCCc3cccc1c32. The second-order valence-electron chi connectivity index (χ2n) is 17.7. The highest BCUT2D eigenvalue weighted by Gasteiger charge is 2.44. The molecule has 0 spiro atoms. The average molecular weight is 944 g/mol. The summed E-state index contributed by atoms with van der Waals surface area (Å²) in [4.78, 5) is 7.33. The molecule has 0 amide bonds. The van der Waals surface area contributed by atoms with Crippen LogP contribution in [0.5, 0.6) is 0 Å². The lowest BCUT2D eigenvalue weighted by atomic mass is 9.34. The standard InChI is InChI=1S/2C17H19NSi.C16H16BN.6C2H6/c1-18-14-9-3-4-11-16(14)19(2)12-6-8-13-7-5-10-15(18)17(13)19;1-19(2)15-10-4-3-9-14(15)18-12-6-8-13-7-5-11-16(19)17(13)18;1-18-14-9-3-2-8-13(14)17-11-5-7-12-6-4-10-15(18)16(12)17;6*1-2/h2*3-5,7,9-11H,6,8,12H2,1-2H3;2-4,6,8-10H,5,7,11H2,1H3;6*1-2H3. The van der Waals surface area contributed by atoms with Gasteiger partial charge < -0.3 is 14.7 Å². The highest BCUT2D eigenvalue weighted by Crippen LogP contribution is 2.38. The number of hydrogen-bond acceptors (Lipinski definition) is 3. The van der Waals surface area contributed by atoms with E-state index >= 15 is 0 Å². The summed E-state index contributed by atoms with van der Waals surface area (Å²) >= 11 is 0. The van der Waals surface area contributed by atoms with Gasteiger partial charge in [-0.3, -0.25) is 0 Å². The number of anilines is 6. The molecule has 6 heterocycles.